The molecular weight excluding hydrogens is 378 g/mol. The van der Waals surface area contributed by atoms with Gasteiger partial charge in [-0.1, -0.05) is 28.1 Å². The number of carboxylic acid groups (broad SMARTS) is 1. The molecule has 1 atom stereocenters. The number of aliphatic hydroxyl groups is 1. The normalized spacial score (nSPS) is 14.1. The lowest BCUT2D eigenvalue weighted by Gasteiger charge is -2.18. The van der Waals surface area contributed by atoms with Gasteiger partial charge >= 0.3 is 5.97 Å². The maximum atomic E-state index is 11.9. The van der Waals surface area contributed by atoms with E-state index in [2.05, 4.69) is 21.2 Å². The fourth-order valence-corrected chi connectivity index (χ4v) is 3.27. The molecule has 0 aromatic heterocycles. The van der Waals surface area contributed by atoms with Crippen molar-refractivity contribution < 1.29 is 28.2 Å². The molecule has 1 aromatic rings. The van der Waals surface area contributed by atoms with Gasteiger partial charge in [0.2, 0.25) is 5.91 Å². The second-order valence-electron chi connectivity index (χ2n) is 5.02. The number of halogens is 1. The maximum Gasteiger partial charge on any atom is 0.337 e. The van der Waals surface area contributed by atoms with Crippen LogP contribution >= 0.6 is 15.9 Å². The number of hydrogen-bond donors (Lipinski definition) is 3. The molecular formula is C13H16BrNO6S. The van der Waals surface area contributed by atoms with E-state index in [1.807, 2.05) is 0 Å². The molecule has 1 unspecified atom stereocenters. The summed E-state index contributed by atoms with van der Waals surface area (Å²) in [5.41, 5.74) is -1.62. The lowest BCUT2D eigenvalue weighted by atomic mass is 10.1. The molecule has 3 N–H and O–H groups in total. The number of carboxylic acids is 1. The van der Waals surface area contributed by atoms with E-state index in [4.69, 9.17) is 5.11 Å². The van der Waals surface area contributed by atoms with E-state index in [-0.39, 0.29) is 5.75 Å². The van der Waals surface area contributed by atoms with Crippen LogP contribution in [0.25, 0.3) is 0 Å². The molecule has 0 bridgehead atoms. The topological polar surface area (TPSA) is 121 Å². The van der Waals surface area contributed by atoms with Gasteiger partial charge in [0.15, 0.2) is 15.4 Å². The van der Waals surface area contributed by atoms with Crippen LogP contribution in [0, 0.1) is 0 Å². The molecule has 7 nitrogen and oxygen atoms in total. The Kier molecular flexibility index (Phi) is 6.09. The minimum absolute atomic E-state index is 0.310. The second kappa shape index (κ2) is 7.21. The Morgan fingerprint density at radius 1 is 1.36 bits per heavy atom. The van der Waals surface area contributed by atoms with Crippen molar-refractivity contribution in [2.24, 2.45) is 0 Å². The molecule has 0 spiro atoms. The van der Waals surface area contributed by atoms with Gasteiger partial charge in [-0.2, -0.15) is 0 Å². The zero-order chi connectivity index (χ0) is 17.0. The molecule has 0 fully saturated rings. The van der Waals surface area contributed by atoms with Crippen molar-refractivity contribution >= 4 is 37.6 Å². The van der Waals surface area contributed by atoms with Crippen LogP contribution in [0.4, 0.5) is 0 Å². The smallest absolute Gasteiger partial charge is 0.337 e. The van der Waals surface area contributed by atoms with Gasteiger partial charge in [-0.05, 0) is 24.6 Å². The largest absolute Gasteiger partial charge is 0.479 e. The molecule has 0 aliphatic carbocycles. The highest BCUT2D eigenvalue weighted by Crippen LogP contribution is 2.14. The Bertz CT molecular complexity index is 671. The van der Waals surface area contributed by atoms with Gasteiger partial charge in [-0.15, -0.1) is 0 Å². The standard InChI is InChI=1S/C13H16BrNO6S/c1-13(19,12(17)18)8-15-11(16)7-22(20,21)6-9-3-2-4-10(14)5-9/h2-5,19H,6-8H2,1H3,(H,15,16)(H,17,18). The van der Waals surface area contributed by atoms with E-state index in [1.54, 1.807) is 24.3 Å². The Balaban J connectivity index is 2.61. The van der Waals surface area contributed by atoms with Crippen LogP contribution in [0.2, 0.25) is 0 Å². The summed E-state index contributed by atoms with van der Waals surface area (Å²) in [5.74, 6) is -3.47. The van der Waals surface area contributed by atoms with E-state index in [0.29, 0.717) is 5.56 Å². The quantitative estimate of drug-likeness (QED) is 0.613. The van der Waals surface area contributed by atoms with E-state index < -0.39 is 39.6 Å². The number of hydrogen-bond acceptors (Lipinski definition) is 5. The number of sulfone groups is 1. The van der Waals surface area contributed by atoms with Crippen LogP contribution in [-0.4, -0.2) is 48.4 Å². The molecule has 1 rings (SSSR count). The average Bonchev–Trinajstić information content (AvgIpc) is 2.35. The minimum Gasteiger partial charge on any atom is -0.479 e. The maximum absolute atomic E-state index is 11.9. The van der Waals surface area contributed by atoms with Crippen molar-refractivity contribution in [3.63, 3.8) is 0 Å². The highest BCUT2D eigenvalue weighted by molar-refractivity contribution is 9.10. The van der Waals surface area contributed by atoms with Crippen molar-refractivity contribution in [2.45, 2.75) is 18.3 Å². The predicted octanol–water partition coefficient (Wildman–Crippen LogP) is 0.316. The van der Waals surface area contributed by atoms with Crippen LogP contribution in [0.15, 0.2) is 28.7 Å². The van der Waals surface area contributed by atoms with Gasteiger partial charge in [0.1, 0.15) is 5.75 Å². The van der Waals surface area contributed by atoms with Crippen LogP contribution in [0.1, 0.15) is 12.5 Å². The summed E-state index contributed by atoms with van der Waals surface area (Å²) in [5, 5.41) is 20.2. The molecule has 1 aromatic carbocycles. The van der Waals surface area contributed by atoms with E-state index in [9.17, 15) is 23.1 Å². The van der Waals surface area contributed by atoms with Gasteiger partial charge < -0.3 is 15.5 Å². The van der Waals surface area contributed by atoms with Gasteiger partial charge in [-0.3, -0.25) is 4.79 Å². The van der Waals surface area contributed by atoms with Crippen molar-refractivity contribution in [3.8, 4) is 0 Å². The number of carbonyl (C=O) groups excluding carboxylic acids is 1. The first-order chi connectivity index (χ1) is 10.0. The third-order valence-corrected chi connectivity index (χ3v) is 4.69. The molecule has 0 saturated heterocycles. The van der Waals surface area contributed by atoms with Crippen molar-refractivity contribution in [3.05, 3.63) is 34.3 Å². The van der Waals surface area contributed by atoms with Crippen LogP contribution < -0.4 is 5.32 Å². The van der Waals surface area contributed by atoms with Crippen molar-refractivity contribution in [1.29, 1.82) is 0 Å². The van der Waals surface area contributed by atoms with Gasteiger partial charge in [-0.25, -0.2) is 13.2 Å². The Labute approximate surface area is 136 Å². The first-order valence-corrected chi connectivity index (χ1v) is 8.81. The summed E-state index contributed by atoms with van der Waals surface area (Å²) < 4.78 is 24.6. The molecule has 0 radical (unpaired) electrons. The van der Waals surface area contributed by atoms with E-state index in [0.717, 1.165) is 11.4 Å². The van der Waals surface area contributed by atoms with Crippen molar-refractivity contribution in [1.82, 2.24) is 5.32 Å². The molecule has 122 valence electrons. The number of carbonyl (C=O) groups is 2. The molecule has 0 aliphatic rings. The zero-order valence-corrected chi connectivity index (χ0v) is 14.1. The third kappa shape index (κ3) is 6.12. The molecule has 22 heavy (non-hydrogen) atoms. The Hall–Kier alpha value is -1.45. The summed E-state index contributed by atoms with van der Waals surface area (Å²) in [6.07, 6.45) is 0. The molecule has 1 amide bonds. The van der Waals surface area contributed by atoms with Gasteiger partial charge in [0, 0.05) is 4.47 Å². The highest BCUT2D eigenvalue weighted by atomic mass is 79.9. The third-order valence-electron chi connectivity index (χ3n) is 2.72. The number of benzene rings is 1. The van der Waals surface area contributed by atoms with E-state index >= 15 is 0 Å². The first kappa shape index (κ1) is 18.6. The summed E-state index contributed by atoms with van der Waals surface area (Å²) in [6.45, 7) is 0.430. The Morgan fingerprint density at radius 2 is 2.00 bits per heavy atom. The first-order valence-electron chi connectivity index (χ1n) is 6.19. The fourth-order valence-electron chi connectivity index (χ4n) is 1.53. The highest BCUT2D eigenvalue weighted by Gasteiger charge is 2.30. The number of aliphatic carboxylic acids is 1. The van der Waals surface area contributed by atoms with Gasteiger partial charge in [0.05, 0.1) is 12.3 Å². The fraction of sp³-hybridized carbons (Fsp3) is 0.385. The number of nitrogens with one attached hydrogen (secondary N) is 1. The summed E-state index contributed by atoms with van der Waals surface area (Å²) >= 11 is 3.22. The minimum atomic E-state index is -3.70. The summed E-state index contributed by atoms with van der Waals surface area (Å²) in [7, 11) is -3.70. The number of rotatable bonds is 7. The van der Waals surface area contributed by atoms with Gasteiger partial charge in [0.25, 0.3) is 0 Å². The van der Waals surface area contributed by atoms with E-state index in [1.165, 1.54) is 0 Å². The summed E-state index contributed by atoms with van der Waals surface area (Å²) in [6, 6.07) is 6.68. The second-order valence-corrected chi connectivity index (χ2v) is 8.00. The lowest BCUT2D eigenvalue weighted by molar-refractivity contribution is -0.156. The number of amides is 1. The van der Waals surface area contributed by atoms with Crippen LogP contribution in [0.3, 0.4) is 0 Å². The predicted molar refractivity (Wildman–Crippen MR) is 82.9 cm³/mol. The average molecular weight is 394 g/mol. The SMILES string of the molecule is CC(O)(CNC(=O)CS(=O)(=O)Cc1cccc(Br)c1)C(=O)O. The zero-order valence-electron chi connectivity index (χ0n) is 11.7. The van der Waals surface area contributed by atoms with Crippen LogP contribution in [0.5, 0.6) is 0 Å². The van der Waals surface area contributed by atoms with Crippen LogP contribution in [-0.2, 0) is 25.2 Å². The molecule has 0 heterocycles. The molecule has 9 heteroatoms. The Morgan fingerprint density at radius 3 is 2.55 bits per heavy atom. The van der Waals surface area contributed by atoms with Crippen molar-refractivity contribution in [2.75, 3.05) is 12.3 Å². The molecule has 0 saturated carbocycles. The summed E-state index contributed by atoms with van der Waals surface area (Å²) in [4.78, 5) is 22.2. The molecule has 0 aliphatic heterocycles. The monoisotopic (exact) mass is 393 g/mol. The lowest BCUT2D eigenvalue weighted by Crippen LogP contribution is -2.47.